The first kappa shape index (κ1) is 18.1. The van der Waals surface area contributed by atoms with Crippen LogP contribution in [0.25, 0.3) is 0 Å². The van der Waals surface area contributed by atoms with Gasteiger partial charge in [-0.2, -0.15) is 0 Å². The summed E-state index contributed by atoms with van der Waals surface area (Å²) in [7, 11) is -1.51. The smallest absolute Gasteiger partial charge is 0.339 e. The number of ether oxygens (including phenoxy) is 1. The van der Waals surface area contributed by atoms with Crippen LogP contribution in [0.1, 0.15) is 21.8 Å². The minimum absolute atomic E-state index is 0.113. The molecular weight excluding hydrogens is 360 g/mol. The van der Waals surface area contributed by atoms with Crippen molar-refractivity contribution >= 4 is 33.3 Å². The molecule has 24 heavy (non-hydrogen) atoms. The molecule has 0 amide bonds. The van der Waals surface area contributed by atoms with Crippen LogP contribution < -0.4 is 9.04 Å². The minimum Gasteiger partial charge on any atom is -0.496 e. The summed E-state index contributed by atoms with van der Waals surface area (Å²) >= 11 is 6.01. The molecule has 10 heteroatoms. The van der Waals surface area contributed by atoms with E-state index in [0.29, 0.717) is 11.5 Å². The van der Waals surface area contributed by atoms with E-state index >= 15 is 0 Å². The number of rotatable bonds is 5. The fourth-order valence-electron chi connectivity index (χ4n) is 2.26. The van der Waals surface area contributed by atoms with Crippen molar-refractivity contribution in [2.75, 3.05) is 18.5 Å². The Labute approximate surface area is 143 Å². The molecule has 0 saturated carbocycles. The number of benzene rings is 1. The number of anilines is 1. The molecule has 0 aliphatic rings. The molecular formula is C14H15ClN2O6S. The van der Waals surface area contributed by atoms with Crippen molar-refractivity contribution in [3.63, 3.8) is 0 Å². The van der Waals surface area contributed by atoms with Gasteiger partial charge in [0.2, 0.25) is 0 Å². The van der Waals surface area contributed by atoms with Gasteiger partial charge in [0.15, 0.2) is 5.76 Å². The SMILES string of the molecule is COc1cc(S(=O)(=O)N(C)c2c(C)noc2C)c(Cl)cc1C(=O)O. The first-order valence-corrected chi connectivity index (χ1v) is 8.45. The molecule has 0 radical (unpaired) electrons. The Kier molecular flexibility index (Phi) is 4.77. The number of aromatic nitrogens is 1. The van der Waals surface area contributed by atoms with E-state index in [1.54, 1.807) is 13.8 Å². The summed E-state index contributed by atoms with van der Waals surface area (Å²) in [6.07, 6.45) is 0. The van der Waals surface area contributed by atoms with Crippen LogP contribution in [0.15, 0.2) is 21.6 Å². The van der Waals surface area contributed by atoms with Gasteiger partial charge in [0.1, 0.15) is 27.6 Å². The average molecular weight is 375 g/mol. The Morgan fingerprint density at radius 1 is 1.38 bits per heavy atom. The Bertz CT molecular complexity index is 887. The van der Waals surface area contributed by atoms with E-state index in [-0.39, 0.29) is 26.9 Å². The third-order valence-electron chi connectivity index (χ3n) is 3.43. The van der Waals surface area contributed by atoms with E-state index in [4.69, 9.17) is 26.0 Å². The van der Waals surface area contributed by atoms with E-state index in [1.807, 2.05) is 0 Å². The van der Waals surface area contributed by atoms with Gasteiger partial charge in [0.25, 0.3) is 10.0 Å². The van der Waals surface area contributed by atoms with Gasteiger partial charge in [-0.25, -0.2) is 13.2 Å². The van der Waals surface area contributed by atoms with Gasteiger partial charge in [-0.05, 0) is 19.9 Å². The molecule has 0 saturated heterocycles. The molecule has 0 unspecified atom stereocenters. The number of nitrogens with zero attached hydrogens (tertiary/aromatic N) is 2. The second-order valence-electron chi connectivity index (χ2n) is 4.93. The lowest BCUT2D eigenvalue weighted by Crippen LogP contribution is -2.28. The first-order chi connectivity index (χ1) is 11.1. The highest BCUT2D eigenvalue weighted by Gasteiger charge is 2.30. The van der Waals surface area contributed by atoms with Crippen molar-refractivity contribution in [2.24, 2.45) is 0 Å². The van der Waals surface area contributed by atoms with Crippen molar-refractivity contribution in [3.8, 4) is 5.75 Å². The predicted octanol–water partition coefficient (Wildman–Crippen LogP) is 2.48. The molecule has 1 N–H and O–H groups in total. The first-order valence-electron chi connectivity index (χ1n) is 6.63. The van der Waals surface area contributed by atoms with Crippen molar-refractivity contribution in [3.05, 3.63) is 34.2 Å². The standard InChI is InChI=1S/C14H15ClN2O6S/c1-7-13(8(2)23-16-7)17(3)24(20,21)12-6-11(22-4)9(14(18)19)5-10(12)15/h5-6H,1-4H3,(H,18,19). The van der Waals surface area contributed by atoms with Gasteiger partial charge < -0.3 is 14.4 Å². The van der Waals surface area contributed by atoms with Crippen molar-refractivity contribution in [2.45, 2.75) is 18.7 Å². The number of aryl methyl sites for hydroxylation is 2. The van der Waals surface area contributed by atoms with Crippen molar-refractivity contribution in [1.82, 2.24) is 5.16 Å². The number of carbonyl (C=O) groups is 1. The molecule has 0 atom stereocenters. The van der Waals surface area contributed by atoms with Crippen LogP contribution in [0, 0.1) is 13.8 Å². The van der Waals surface area contributed by atoms with Crippen LogP contribution in [-0.4, -0.2) is 38.8 Å². The predicted molar refractivity (Wildman–Crippen MR) is 86.5 cm³/mol. The lowest BCUT2D eigenvalue weighted by molar-refractivity contribution is 0.0693. The highest BCUT2D eigenvalue weighted by Crippen LogP contribution is 2.35. The van der Waals surface area contributed by atoms with Crippen LogP contribution in [0.5, 0.6) is 5.75 Å². The highest BCUT2D eigenvalue weighted by atomic mass is 35.5. The molecule has 0 aliphatic heterocycles. The van der Waals surface area contributed by atoms with E-state index in [9.17, 15) is 13.2 Å². The third kappa shape index (κ3) is 2.92. The fourth-order valence-corrected chi connectivity index (χ4v) is 4.08. The lowest BCUT2D eigenvalue weighted by atomic mass is 10.2. The number of methoxy groups -OCH3 is 1. The minimum atomic E-state index is -4.08. The van der Waals surface area contributed by atoms with Crippen LogP contribution in [0.3, 0.4) is 0 Å². The summed E-state index contributed by atoms with van der Waals surface area (Å²) < 4.78 is 36.7. The summed E-state index contributed by atoms with van der Waals surface area (Å²) in [5, 5.41) is 12.6. The summed E-state index contributed by atoms with van der Waals surface area (Å²) in [4.78, 5) is 10.9. The van der Waals surface area contributed by atoms with Crippen molar-refractivity contribution in [1.29, 1.82) is 0 Å². The summed E-state index contributed by atoms with van der Waals surface area (Å²) in [6, 6.07) is 2.12. The zero-order chi connectivity index (χ0) is 18.2. The lowest BCUT2D eigenvalue weighted by Gasteiger charge is -2.20. The largest absolute Gasteiger partial charge is 0.496 e. The zero-order valence-electron chi connectivity index (χ0n) is 13.3. The average Bonchev–Trinajstić information content (AvgIpc) is 2.84. The third-order valence-corrected chi connectivity index (χ3v) is 5.66. The number of sulfonamides is 1. The summed E-state index contributed by atoms with van der Waals surface area (Å²) in [6.45, 7) is 3.19. The number of carboxylic acids is 1. The quantitative estimate of drug-likeness (QED) is 0.855. The van der Waals surface area contributed by atoms with Crippen molar-refractivity contribution < 1.29 is 27.6 Å². The van der Waals surface area contributed by atoms with Crippen LogP contribution in [-0.2, 0) is 10.0 Å². The Hall–Kier alpha value is -2.26. The van der Waals surface area contributed by atoms with Gasteiger partial charge in [0.05, 0.1) is 12.1 Å². The van der Waals surface area contributed by atoms with E-state index in [1.165, 1.54) is 14.2 Å². The molecule has 1 aromatic heterocycles. The van der Waals surface area contributed by atoms with Crippen LogP contribution >= 0.6 is 11.6 Å². The number of hydrogen-bond donors (Lipinski definition) is 1. The topological polar surface area (TPSA) is 110 Å². The molecule has 1 aromatic carbocycles. The van der Waals surface area contributed by atoms with Gasteiger partial charge in [-0.1, -0.05) is 16.8 Å². The number of aromatic carboxylic acids is 1. The van der Waals surface area contributed by atoms with Crippen LogP contribution in [0.4, 0.5) is 5.69 Å². The molecule has 2 rings (SSSR count). The van der Waals surface area contributed by atoms with Gasteiger partial charge >= 0.3 is 5.97 Å². The van der Waals surface area contributed by atoms with E-state index < -0.39 is 16.0 Å². The molecule has 130 valence electrons. The second-order valence-corrected chi connectivity index (χ2v) is 7.28. The molecule has 0 spiro atoms. The van der Waals surface area contributed by atoms with Gasteiger partial charge in [-0.3, -0.25) is 4.31 Å². The fraction of sp³-hybridized carbons (Fsp3) is 0.286. The van der Waals surface area contributed by atoms with Gasteiger partial charge in [-0.15, -0.1) is 0 Å². The Balaban J connectivity index is 2.64. The molecule has 8 nitrogen and oxygen atoms in total. The molecule has 0 bridgehead atoms. The maximum Gasteiger partial charge on any atom is 0.339 e. The molecule has 0 fully saturated rings. The number of halogens is 1. The molecule has 0 aliphatic carbocycles. The summed E-state index contributed by atoms with van der Waals surface area (Å²) in [5.74, 6) is -1.07. The maximum atomic E-state index is 12.9. The monoisotopic (exact) mass is 374 g/mol. The second kappa shape index (κ2) is 6.33. The summed E-state index contributed by atoms with van der Waals surface area (Å²) in [5.41, 5.74) is 0.442. The van der Waals surface area contributed by atoms with Crippen LogP contribution in [0.2, 0.25) is 5.02 Å². The number of carboxylic acid groups (broad SMARTS) is 1. The molecule has 1 heterocycles. The Morgan fingerprint density at radius 2 is 2.00 bits per heavy atom. The normalized spacial score (nSPS) is 11.4. The number of hydrogen-bond acceptors (Lipinski definition) is 6. The van der Waals surface area contributed by atoms with E-state index in [2.05, 4.69) is 5.16 Å². The van der Waals surface area contributed by atoms with E-state index in [0.717, 1.165) is 16.4 Å². The highest BCUT2D eigenvalue weighted by molar-refractivity contribution is 7.93. The van der Waals surface area contributed by atoms with Gasteiger partial charge in [0, 0.05) is 13.1 Å². The molecule has 2 aromatic rings. The maximum absolute atomic E-state index is 12.9. The zero-order valence-corrected chi connectivity index (χ0v) is 14.9. The Morgan fingerprint density at radius 3 is 2.46 bits per heavy atom.